The first-order chi connectivity index (χ1) is 7.69. The van der Waals surface area contributed by atoms with Crippen LogP contribution in [0.5, 0.6) is 0 Å². The van der Waals surface area contributed by atoms with Crippen LogP contribution in [0.4, 0.5) is 5.88 Å². The van der Waals surface area contributed by atoms with Crippen LogP contribution in [0.2, 0.25) is 0 Å². The van der Waals surface area contributed by atoms with Gasteiger partial charge in [-0.05, 0) is 18.4 Å². The number of nitrogens with two attached hydrogens (primary N) is 1. The molecule has 0 amide bonds. The molecule has 3 N–H and O–H groups in total. The zero-order chi connectivity index (χ0) is 11.2. The topological polar surface area (TPSA) is 72.3 Å². The maximum Gasteiger partial charge on any atom is 0.222 e. The minimum atomic E-state index is -0.676. The summed E-state index contributed by atoms with van der Waals surface area (Å²) in [5.74, 6) is 0.285. The Kier molecular flexibility index (Phi) is 1.82. The molecule has 1 aromatic heterocycles. The third kappa shape index (κ3) is 1.39. The van der Waals surface area contributed by atoms with E-state index >= 15 is 0 Å². The van der Waals surface area contributed by atoms with Gasteiger partial charge in [0.05, 0.1) is 5.60 Å². The summed E-state index contributed by atoms with van der Waals surface area (Å²) < 4.78 is 4.85. The number of rotatable bonds is 2. The molecule has 0 saturated heterocycles. The predicted octanol–water partition coefficient (Wildman–Crippen LogP) is 1.91. The van der Waals surface area contributed by atoms with Crippen molar-refractivity contribution in [3.8, 4) is 11.3 Å². The van der Waals surface area contributed by atoms with E-state index in [1.165, 1.54) is 0 Å². The Labute approximate surface area is 92.7 Å². The molecule has 0 bridgehead atoms. The van der Waals surface area contributed by atoms with Crippen LogP contribution in [0.1, 0.15) is 18.4 Å². The molecule has 0 atom stereocenters. The van der Waals surface area contributed by atoms with Gasteiger partial charge in [-0.25, -0.2) is 0 Å². The zero-order valence-corrected chi connectivity index (χ0v) is 8.68. The first-order valence-electron chi connectivity index (χ1n) is 5.23. The summed E-state index contributed by atoms with van der Waals surface area (Å²) in [6.07, 6.45) is 1.61. The number of nitrogen functional groups attached to an aromatic ring is 1. The van der Waals surface area contributed by atoms with E-state index < -0.39 is 5.60 Å². The normalized spacial score (nSPS) is 17.3. The second-order valence-corrected chi connectivity index (χ2v) is 4.19. The van der Waals surface area contributed by atoms with Crippen LogP contribution in [0.15, 0.2) is 34.9 Å². The van der Waals surface area contributed by atoms with Gasteiger partial charge in [0.1, 0.15) is 5.69 Å². The Balaban J connectivity index is 2.13. The number of hydrogen-bond acceptors (Lipinski definition) is 4. The lowest BCUT2D eigenvalue weighted by Gasteiger charge is -2.11. The zero-order valence-electron chi connectivity index (χ0n) is 8.68. The molecule has 16 heavy (non-hydrogen) atoms. The highest BCUT2D eigenvalue weighted by Gasteiger charge is 2.43. The Morgan fingerprint density at radius 2 is 2.06 bits per heavy atom. The van der Waals surface area contributed by atoms with Gasteiger partial charge in [-0.15, -0.1) is 0 Å². The van der Waals surface area contributed by atoms with Crippen molar-refractivity contribution in [2.45, 2.75) is 18.4 Å². The Morgan fingerprint density at radius 1 is 1.31 bits per heavy atom. The molecule has 0 unspecified atom stereocenters. The summed E-state index contributed by atoms with van der Waals surface area (Å²) >= 11 is 0. The lowest BCUT2D eigenvalue weighted by molar-refractivity contribution is 0.152. The van der Waals surface area contributed by atoms with Gasteiger partial charge in [-0.2, -0.15) is 0 Å². The van der Waals surface area contributed by atoms with Crippen LogP contribution in [0, 0.1) is 0 Å². The molecule has 1 saturated carbocycles. The Hall–Kier alpha value is -1.81. The van der Waals surface area contributed by atoms with E-state index in [1.54, 1.807) is 6.07 Å². The van der Waals surface area contributed by atoms with Crippen molar-refractivity contribution in [2.24, 2.45) is 0 Å². The average Bonchev–Trinajstić information content (AvgIpc) is 2.89. The van der Waals surface area contributed by atoms with Crippen LogP contribution >= 0.6 is 0 Å². The van der Waals surface area contributed by atoms with Gasteiger partial charge in [0.2, 0.25) is 5.88 Å². The average molecular weight is 216 g/mol. The highest BCUT2D eigenvalue weighted by molar-refractivity contribution is 5.67. The minimum absolute atomic E-state index is 0.285. The number of aromatic nitrogens is 1. The van der Waals surface area contributed by atoms with Crippen molar-refractivity contribution >= 4 is 5.88 Å². The summed E-state index contributed by atoms with van der Waals surface area (Å²) in [6, 6.07) is 9.34. The SMILES string of the molecule is Nc1cc(-c2ccccc2C2(O)CC2)no1. The number of anilines is 1. The Bertz CT molecular complexity index is 529. The molecular weight excluding hydrogens is 204 g/mol. The number of benzene rings is 1. The summed E-state index contributed by atoms with van der Waals surface area (Å²) in [5, 5.41) is 14.0. The van der Waals surface area contributed by atoms with Gasteiger partial charge in [-0.3, -0.25) is 0 Å². The van der Waals surface area contributed by atoms with Crippen molar-refractivity contribution < 1.29 is 9.63 Å². The second-order valence-electron chi connectivity index (χ2n) is 4.19. The van der Waals surface area contributed by atoms with Crippen LogP contribution in [0.25, 0.3) is 11.3 Å². The van der Waals surface area contributed by atoms with E-state index in [0.717, 1.165) is 24.0 Å². The summed E-state index contributed by atoms with van der Waals surface area (Å²) in [5.41, 5.74) is 7.29. The molecule has 1 fully saturated rings. The van der Waals surface area contributed by atoms with Gasteiger partial charge in [0.15, 0.2) is 0 Å². The van der Waals surface area contributed by atoms with Gasteiger partial charge in [0, 0.05) is 11.6 Å². The summed E-state index contributed by atoms with van der Waals surface area (Å²) in [6.45, 7) is 0. The number of aliphatic hydroxyl groups is 1. The van der Waals surface area contributed by atoms with Crippen molar-refractivity contribution in [3.05, 3.63) is 35.9 Å². The fourth-order valence-electron chi connectivity index (χ4n) is 1.92. The smallest absolute Gasteiger partial charge is 0.222 e. The molecule has 4 heteroatoms. The third-order valence-corrected chi connectivity index (χ3v) is 2.96. The fourth-order valence-corrected chi connectivity index (χ4v) is 1.92. The molecule has 0 spiro atoms. The molecular formula is C12H12N2O2. The van der Waals surface area contributed by atoms with Gasteiger partial charge < -0.3 is 15.4 Å². The van der Waals surface area contributed by atoms with E-state index in [9.17, 15) is 5.11 Å². The third-order valence-electron chi connectivity index (χ3n) is 2.96. The Morgan fingerprint density at radius 3 is 2.69 bits per heavy atom. The quantitative estimate of drug-likeness (QED) is 0.804. The van der Waals surface area contributed by atoms with Crippen molar-refractivity contribution in [1.29, 1.82) is 0 Å². The monoisotopic (exact) mass is 216 g/mol. The first kappa shape index (κ1) is 9.42. The first-order valence-corrected chi connectivity index (χ1v) is 5.23. The van der Waals surface area contributed by atoms with E-state index in [0.29, 0.717) is 5.69 Å². The molecule has 1 aliphatic rings. The maximum atomic E-state index is 10.2. The van der Waals surface area contributed by atoms with Gasteiger partial charge in [0.25, 0.3) is 0 Å². The van der Waals surface area contributed by atoms with Crippen LogP contribution in [0.3, 0.4) is 0 Å². The highest BCUT2D eigenvalue weighted by Crippen LogP contribution is 2.48. The molecule has 1 aromatic carbocycles. The molecule has 1 heterocycles. The molecule has 1 aliphatic carbocycles. The maximum absolute atomic E-state index is 10.2. The lowest BCUT2D eigenvalue weighted by Crippen LogP contribution is -2.06. The summed E-state index contributed by atoms with van der Waals surface area (Å²) in [7, 11) is 0. The molecule has 0 radical (unpaired) electrons. The van der Waals surface area contributed by atoms with E-state index in [4.69, 9.17) is 10.3 Å². The van der Waals surface area contributed by atoms with E-state index in [-0.39, 0.29) is 5.88 Å². The van der Waals surface area contributed by atoms with Crippen molar-refractivity contribution in [1.82, 2.24) is 5.16 Å². The summed E-state index contributed by atoms with van der Waals surface area (Å²) in [4.78, 5) is 0. The van der Waals surface area contributed by atoms with Crippen LogP contribution in [-0.4, -0.2) is 10.3 Å². The standard InChI is InChI=1S/C12H12N2O2/c13-11-7-10(14-16-11)8-3-1-2-4-9(8)12(15)5-6-12/h1-4,7,15H,5-6,13H2. The highest BCUT2D eigenvalue weighted by atomic mass is 16.5. The molecule has 4 nitrogen and oxygen atoms in total. The van der Waals surface area contributed by atoms with Crippen molar-refractivity contribution in [3.63, 3.8) is 0 Å². The second kappa shape index (κ2) is 3.09. The predicted molar refractivity (Wildman–Crippen MR) is 59.5 cm³/mol. The van der Waals surface area contributed by atoms with Crippen LogP contribution < -0.4 is 5.73 Å². The largest absolute Gasteiger partial charge is 0.385 e. The van der Waals surface area contributed by atoms with E-state index in [1.807, 2.05) is 24.3 Å². The fraction of sp³-hybridized carbons (Fsp3) is 0.250. The minimum Gasteiger partial charge on any atom is -0.385 e. The van der Waals surface area contributed by atoms with E-state index in [2.05, 4.69) is 5.16 Å². The molecule has 3 rings (SSSR count). The van der Waals surface area contributed by atoms with Gasteiger partial charge >= 0.3 is 0 Å². The lowest BCUT2D eigenvalue weighted by atomic mass is 9.98. The van der Waals surface area contributed by atoms with Gasteiger partial charge in [-0.1, -0.05) is 29.4 Å². The number of nitrogens with zero attached hydrogens (tertiary/aromatic N) is 1. The van der Waals surface area contributed by atoms with Crippen molar-refractivity contribution in [2.75, 3.05) is 5.73 Å². The van der Waals surface area contributed by atoms with Crippen LogP contribution in [-0.2, 0) is 5.60 Å². The molecule has 2 aromatic rings. The number of hydrogen-bond donors (Lipinski definition) is 2. The molecule has 0 aliphatic heterocycles. The molecule has 82 valence electrons.